The van der Waals surface area contributed by atoms with Crippen LogP contribution in [0.5, 0.6) is 5.75 Å². The number of allylic oxidation sites excluding steroid dienone is 1. The summed E-state index contributed by atoms with van der Waals surface area (Å²) < 4.78 is 19.7. The van der Waals surface area contributed by atoms with Gasteiger partial charge in [0.25, 0.3) is 5.91 Å². The molecule has 3 aliphatic rings. The summed E-state index contributed by atoms with van der Waals surface area (Å²) in [7, 11) is 0. The second kappa shape index (κ2) is 7.76. The minimum Gasteiger partial charge on any atom is -0.462 e. The van der Waals surface area contributed by atoms with Gasteiger partial charge in [-0.05, 0) is 74.2 Å². The van der Waals surface area contributed by atoms with Crippen LogP contribution in [-0.4, -0.2) is 22.9 Å². The molecule has 5 nitrogen and oxygen atoms in total. The van der Waals surface area contributed by atoms with Crippen molar-refractivity contribution in [2.24, 2.45) is 4.99 Å². The van der Waals surface area contributed by atoms with Crippen molar-refractivity contribution in [3.63, 3.8) is 0 Å². The SMILES string of the molecule is N#Cc1cccc(OC23CCCC=C2C=CC(C2(NC(=O)c4ccc(F)cc4)CC2)=N3)c1. The number of aliphatic imine (C=N–C) groups is 1. The lowest BCUT2D eigenvalue weighted by Gasteiger charge is -2.38. The van der Waals surface area contributed by atoms with Gasteiger partial charge in [0.2, 0.25) is 5.72 Å². The van der Waals surface area contributed by atoms with E-state index in [-0.39, 0.29) is 11.7 Å². The van der Waals surface area contributed by atoms with E-state index in [1.165, 1.54) is 24.3 Å². The summed E-state index contributed by atoms with van der Waals surface area (Å²) in [6.07, 6.45) is 10.3. The summed E-state index contributed by atoms with van der Waals surface area (Å²) >= 11 is 0. The van der Waals surface area contributed by atoms with Gasteiger partial charge in [0, 0.05) is 17.6 Å². The first-order valence-electron chi connectivity index (χ1n) is 10.8. The minimum absolute atomic E-state index is 0.250. The van der Waals surface area contributed by atoms with E-state index in [1.807, 2.05) is 18.2 Å². The van der Waals surface area contributed by atoms with Crippen molar-refractivity contribution < 1.29 is 13.9 Å². The third kappa shape index (κ3) is 3.71. The Morgan fingerprint density at radius 1 is 1.12 bits per heavy atom. The Hall–Kier alpha value is -3.72. The number of carbonyl (C=O) groups is 1. The van der Waals surface area contributed by atoms with Gasteiger partial charge in [-0.1, -0.05) is 18.2 Å². The zero-order valence-electron chi connectivity index (χ0n) is 17.5. The van der Waals surface area contributed by atoms with Crippen molar-refractivity contribution >= 4 is 11.6 Å². The van der Waals surface area contributed by atoms with Crippen molar-refractivity contribution in [3.05, 3.63) is 89.3 Å². The second-order valence-corrected chi connectivity index (χ2v) is 8.45. The van der Waals surface area contributed by atoms with Gasteiger partial charge in [-0.25, -0.2) is 9.38 Å². The predicted molar refractivity (Wildman–Crippen MR) is 119 cm³/mol. The lowest BCUT2D eigenvalue weighted by Crippen LogP contribution is -2.47. The number of benzene rings is 2. The number of amides is 1. The number of nitriles is 1. The molecule has 2 aromatic rings. The third-order valence-corrected chi connectivity index (χ3v) is 6.21. The van der Waals surface area contributed by atoms with Crippen LogP contribution in [-0.2, 0) is 0 Å². The smallest absolute Gasteiger partial charge is 0.252 e. The standard InChI is InChI=1S/C26H22FN3O2/c27-21-10-7-19(8-11-21)24(31)30-25(14-15-25)23-12-9-20-5-1-2-13-26(20,29-23)32-22-6-3-4-18(16-22)17-28/h3-12,16H,1-2,13-15H2,(H,30,31). The molecule has 6 heteroatoms. The van der Waals surface area contributed by atoms with Crippen LogP contribution < -0.4 is 10.1 Å². The zero-order valence-corrected chi connectivity index (χ0v) is 17.5. The Labute approximate surface area is 185 Å². The highest BCUT2D eigenvalue weighted by Crippen LogP contribution is 2.44. The molecule has 5 rings (SSSR count). The van der Waals surface area contributed by atoms with Crippen molar-refractivity contribution in [2.75, 3.05) is 0 Å². The van der Waals surface area contributed by atoms with Crippen LogP contribution in [0.2, 0.25) is 0 Å². The summed E-state index contributed by atoms with van der Waals surface area (Å²) in [5.41, 5.74) is 1.30. The Bertz CT molecular complexity index is 1200. The molecule has 1 saturated carbocycles. The van der Waals surface area contributed by atoms with Crippen LogP contribution in [0.25, 0.3) is 0 Å². The molecule has 160 valence electrons. The van der Waals surface area contributed by atoms with E-state index < -0.39 is 11.3 Å². The van der Waals surface area contributed by atoms with E-state index in [0.29, 0.717) is 23.3 Å². The molecule has 1 heterocycles. The quantitative estimate of drug-likeness (QED) is 0.741. The molecule has 1 N–H and O–H groups in total. The Morgan fingerprint density at radius 3 is 2.69 bits per heavy atom. The number of carbonyl (C=O) groups excluding carboxylic acids is 1. The third-order valence-electron chi connectivity index (χ3n) is 6.21. The van der Waals surface area contributed by atoms with Crippen LogP contribution in [0.1, 0.15) is 48.0 Å². The van der Waals surface area contributed by atoms with E-state index in [0.717, 1.165) is 37.0 Å². The Morgan fingerprint density at radius 2 is 1.94 bits per heavy atom. The molecule has 32 heavy (non-hydrogen) atoms. The van der Waals surface area contributed by atoms with Gasteiger partial charge < -0.3 is 10.1 Å². The number of rotatable bonds is 5. The molecular weight excluding hydrogens is 405 g/mol. The van der Waals surface area contributed by atoms with Crippen molar-refractivity contribution in [1.29, 1.82) is 5.26 Å². The molecule has 0 spiro atoms. The van der Waals surface area contributed by atoms with E-state index >= 15 is 0 Å². The average Bonchev–Trinajstić information content (AvgIpc) is 3.59. The predicted octanol–water partition coefficient (Wildman–Crippen LogP) is 4.86. The molecule has 2 aromatic carbocycles. The number of nitrogens with one attached hydrogen (secondary N) is 1. The number of nitrogens with zero attached hydrogens (tertiary/aromatic N) is 2. The highest BCUT2D eigenvalue weighted by atomic mass is 19.1. The monoisotopic (exact) mass is 427 g/mol. The van der Waals surface area contributed by atoms with E-state index in [9.17, 15) is 14.4 Å². The first-order valence-corrected chi connectivity index (χ1v) is 10.8. The summed E-state index contributed by atoms with van der Waals surface area (Å²) in [5.74, 6) is -0.0332. The fraction of sp³-hybridized carbons (Fsp3) is 0.269. The number of halogens is 1. The van der Waals surface area contributed by atoms with Gasteiger partial charge in [-0.2, -0.15) is 5.26 Å². The molecule has 1 aliphatic heterocycles. The van der Waals surface area contributed by atoms with Crippen molar-refractivity contribution in [2.45, 2.75) is 43.4 Å². The number of hydrogen-bond donors (Lipinski definition) is 1. The normalized spacial score (nSPS) is 22.6. The summed E-state index contributed by atoms with van der Waals surface area (Å²) in [4.78, 5) is 17.9. The van der Waals surface area contributed by atoms with Crippen LogP contribution in [0.4, 0.5) is 4.39 Å². The molecule has 1 atom stereocenters. The summed E-state index contributed by atoms with van der Waals surface area (Å²) in [6, 6.07) is 14.8. The lowest BCUT2D eigenvalue weighted by molar-refractivity contribution is 0.0933. The van der Waals surface area contributed by atoms with Gasteiger partial charge in [0.1, 0.15) is 11.6 Å². The molecule has 0 bridgehead atoms. The van der Waals surface area contributed by atoms with Crippen LogP contribution in [0.15, 0.2) is 77.3 Å². The molecule has 0 aromatic heterocycles. The highest BCUT2D eigenvalue weighted by Gasteiger charge is 2.51. The van der Waals surface area contributed by atoms with Gasteiger partial charge in [-0.3, -0.25) is 4.79 Å². The average molecular weight is 427 g/mol. The topological polar surface area (TPSA) is 74.5 Å². The van der Waals surface area contributed by atoms with Crippen LogP contribution >= 0.6 is 0 Å². The minimum atomic E-state index is -0.868. The zero-order chi connectivity index (χ0) is 22.2. The Balaban J connectivity index is 1.45. The molecular formula is C26H22FN3O2. The number of hydrogen-bond acceptors (Lipinski definition) is 4. The Kier molecular flexibility index (Phi) is 4.90. The van der Waals surface area contributed by atoms with Gasteiger partial charge in [0.05, 0.1) is 22.9 Å². The van der Waals surface area contributed by atoms with Gasteiger partial charge in [0.15, 0.2) is 0 Å². The molecule has 0 radical (unpaired) electrons. The highest BCUT2D eigenvalue weighted by molar-refractivity contribution is 6.09. The van der Waals surface area contributed by atoms with Crippen molar-refractivity contribution in [3.8, 4) is 11.8 Å². The second-order valence-electron chi connectivity index (χ2n) is 8.45. The van der Waals surface area contributed by atoms with E-state index in [2.05, 4.69) is 17.5 Å². The molecule has 1 fully saturated rings. The number of fused-ring (bicyclic) bond motifs is 1. The van der Waals surface area contributed by atoms with Gasteiger partial charge >= 0.3 is 0 Å². The van der Waals surface area contributed by atoms with E-state index in [1.54, 1.807) is 18.2 Å². The fourth-order valence-corrected chi connectivity index (χ4v) is 4.31. The summed E-state index contributed by atoms with van der Waals surface area (Å²) in [6.45, 7) is 0. The summed E-state index contributed by atoms with van der Waals surface area (Å²) in [5, 5.41) is 12.3. The maximum Gasteiger partial charge on any atom is 0.252 e. The van der Waals surface area contributed by atoms with Crippen LogP contribution in [0.3, 0.4) is 0 Å². The lowest BCUT2D eigenvalue weighted by atomic mass is 9.86. The van der Waals surface area contributed by atoms with Crippen molar-refractivity contribution in [1.82, 2.24) is 5.32 Å². The number of ether oxygens (including phenoxy) is 1. The maximum atomic E-state index is 13.2. The first-order chi connectivity index (χ1) is 15.5. The molecule has 0 saturated heterocycles. The first kappa shape index (κ1) is 20.2. The largest absolute Gasteiger partial charge is 0.462 e. The maximum absolute atomic E-state index is 13.2. The van der Waals surface area contributed by atoms with E-state index in [4.69, 9.17) is 9.73 Å². The molecule has 2 aliphatic carbocycles. The number of dihydropyridines is 1. The fourth-order valence-electron chi connectivity index (χ4n) is 4.31. The van der Waals surface area contributed by atoms with Gasteiger partial charge in [-0.15, -0.1) is 0 Å². The van der Waals surface area contributed by atoms with Crippen LogP contribution in [0, 0.1) is 17.1 Å². The molecule has 1 unspecified atom stereocenters. The molecule has 1 amide bonds.